The predicted octanol–water partition coefficient (Wildman–Crippen LogP) is 2.46. The third-order valence-corrected chi connectivity index (χ3v) is 3.60. The van der Waals surface area contributed by atoms with Gasteiger partial charge in [-0.3, -0.25) is 10.1 Å². The molecule has 0 fully saturated rings. The fourth-order valence-electron chi connectivity index (χ4n) is 2.24. The van der Waals surface area contributed by atoms with Crippen LogP contribution in [0.2, 0.25) is 0 Å². The van der Waals surface area contributed by atoms with Crippen molar-refractivity contribution >= 4 is 17.9 Å². The minimum atomic E-state index is -0.614. The summed E-state index contributed by atoms with van der Waals surface area (Å²) in [5, 5.41) is 12.7. The molecule has 1 aliphatic heterocycles. The Hall–Kier alpha value is -2.38. The van der Waals surface area contributed by atoms with Crippen molar-refractivity contribution in [2.75, 3.05) is 11.9 Å². The molecule has 0 bridgehead atoms. The van der Waals surface area contributed by atoms with Crippen LogP contribution in [0.3, 0.4) is 0 Å². The lowest BCUT2D eigenvalue weighted by Gasteiger charge is -2.30. The molecule has 0 unspecified atom stereocenters. The van der Waals surface area contributed by atoms with Crippen molar-refractivity contribution in [2.24, 2.45) is 5.41 Å². The van der Waals surface area contributed by atoms with E-state index in [4.69, 9.17) is 4.74 Å². The smallest absolute Gasteiger partial charge is 0.410 e. The molecule has 8 nitrogen and oxygen atoms in total. The average molecular weight is 350 g/mol. The summed E-state index contributed by atoms with van der Waals surface area (Å²) in [5.41, 5.74) is -0.101. The molecule has 1 aromatic heterocycles. The number of hydrogen-bond donors (Lipinski definition) is 2. The van der Waals surface area contributed by atoms with Crippen LogP contribution in [0.5, 0.6) is 5.88 Å². The number of aromatic nitrogens is 2. The Labute approximate surface area is 147 Å². The molecule has 2 rings (SSSR count). The second kappa shape index (κ2) is 6.50. The molecule has 0 radical (unpaired) electrons. The van der Waals surface area contributed by atoms with E-state index in [0.29, 0.717) is 24.2 Å². The molecule has 1 aromatic rings. The number of aromatic hydroxyl groups is 1. The fourth-order valence-corrected chi connectivity index (χ4v) is 2.24. The maximum absolute atomic E-state index is 12.2. The summed E-state index contributed by atoms with van der Waals surface area (Å²) in [5.74, 6) is -0.396. The lowest BCUT2D eigenvalue weighted by atomic mass is 9.96. The van der Waals surface area contributed by atoms with Gasteiger partial charge in [-0.25, -0.2) is 9.78 Å². The summed E-state index contributed by atoms with van der Waals surface area (Å²) in [4.78, 5) is 34.1. The number of fused-ring (bicyclic) bond motifs is 1. The minimum Gasteiger partial charge on any atom is -0.493 e. The van der Waals surface area contributed by atoms with Gasteiger partial charge in [0.25, 0.3) is 0 Å². The van der Waals surface area contributed by atoms with Gasteiger partial charge in [0.2, 0.25) is 17.7 Å². The first-order valence-corrected chi connectivity index (χ1v) is 8.25. The van der Waals surface area contributed by atoms with Crippen LogP contribution >= 0.6 is 0 Å². The van der Waals surface area contributed by atoms with Crippen LogP contribution < -0.4 is 5.32 Å². The van der Waals surface area contributed by atoms with E-state index in [1.165, 1.54) is 4.90 Å². The first kappa shape index (κ1) is 19.0. The van der Waals surface area contributed by atoms with Crippen LogP contribution in [-0.2, 0) is 22.5 Å². The van der Waals surface area contributed by atoms with Crippen molar-refractivity contribution < 1.29 is 19.4 Å². The fraction of sp³-hybridized carbons (Fsp3) is 0.647. The van der Waals surface area contributed by atoms with Gasteiger partial charge in [-0.2, -0.15) is 4.98 Å². The number of anilines is 1. The molecule has 2 amide bonds. The Kier molecular flexibility index (Phi) is 4.92. The third-order valence-electron chi connectivity index (χ3n) is 3.60. The largest absolute Gasteiger partial charge is 0.493 e. The van der Waals surface area contributed by atoms with Crippen LogP contribution in [0.25, 0.3) is 0 Å². The molecule has 25 heavy (non-hydrogen) atoms. The van der Waals surface area contributed by atoms with E-state index in [1.807, 2.05) is 0 Å². The van der Waals surface area contributed by atoms with E-state index in [1.54, 1.807) is 41.5 Å². The van der Waals surface area contributed by atoms with Crippen LogP contribution in [0.1, 0.15) is 52.8 Å². The Morgan fingerprint density at radius 3 is 2.36 bits per heavy atom. The van der Waals surface area contributed by atoms with Crippen molar-refractivity contribution in [3.8, 4) is 5.88 Å². The summed E-state index contributed by atoms with van der Waals surface area (Å²) in [6.07, 6.45) is -0.00926. The van der Waals surface area contributed by atoms with Gasteiger partial charge in [0, 0.05) is 17.5 Å². The highest BCUT2D eigenvalue weighted by Crippen LogP contribution is 2.27. The Bertz CT molecular complexity index is 689. The van der Waals surface area contributed by atoms with E-state index in [0.717, 1.165) is 0 Å². The van der Waals surface area contributed by atoms with E-state index in [9.17, 15) is 14.7 Å². The molecule has 0 spiro atoms. The van der Waals surface area contributed by atoms with Gasteiger partial charge < -0.3 is 14.7 Å². The summed E-state index contributed by atoms with van der Waals surface area (Å²) in [6, 6.07) is 0. The molecule has 0 atom stereocenters. The Morgan fingerprint density at radius 2 is 1.80 bits per heavy atom. The summed E-state index contributed by atoms with van der Waals surface area (Å²) in [7, 11) is 0. The van der Waals surface area contributed by atoms with E-state index in [-0.39, 0.29) is 24.3 Å². The predicted molar refractivity (Wildman–Crippen MR) is 92.1 cm³/mol. The van der Waals surface area contributed by atoms with Gasteiger partial charge in [-0.1, -0.05) is 20.8 Å². The molecule has 1 aliphatic rings. The number of nitrogens with zero attached hydrogens (tertiary/aromatic N) is 3. The third kappa shape index (κ3) is 4.80. The number of ether oxygens (including phenoxy) is 1. The molecular weight excluding hydrogens is 324 g/mol. The molecule has 2 N–H and O–H groups in total. The number of rotatable bonds is 1. The summed E-state index contributed by atoms with van der Waals surface area (Å²) >= 11 is 0. The molecule has 0 saturated carbocycles. The van der Waals surface area contributed by atoms with E-state index < -0.39 is 17.1 Å². The number of nitrogens with one attached hydrogen (secondary N) is 1. The van der Waals surface area contributed by atoms with Crippen molar-refractivity contribution in [3.05, 3.63) is 11.3 Å². The maximum atomic E-state index is 12.2. The molecule has 0 aromatic carbocycles. The molecule has 8 heteroatoms. The second-order valence-corrected chi connectivity index (χ2v) is 8.15. The summed E-state index contributed by atoms with van der Waals surface area (Å²) < 4.78 is 5.37. The van der Waals surface area contributed by atoms with Crippen LogP contribution in [0.4, 0.5) is 10.7 Å². The zero-order valence-corrected chi connectivity index (χ0v) is 15.6. The highest BCUT2D eigenvalue weighted by molar-refractivity contribution is 5.93. The molecule has 2 heterocycles. The van der Waals surface area contributed by atoms with Gasteiger partial charge in [-0.05, 0) is 27.2 Å². The highest BCUT2D eigenvalue weighted by atomic mass is 16.6. The van der Waals surface area contributed by atoms with Crippen molar-refractivity contribution in [1.82, 2.24) is 14.9 Å². The van der Waals surface area contributed by atoms with Crippen LogP contribution in [0.15, 0.2) is 0 Å². The minimum absolute atomic E-state index is 0.0298. The number of hydrogen-bond acceptors (Lipinski definition) is 6. The van der Waals surface area contributed by atoms with Crippen LogP contribution in [-0.4, -0.2) is 44.1 Å². The monoisotopic (exact) mass is 350 g/mol. The van der Waals surface area contributed by atoms with Gasteiger partial charge >= 0.3 is 6.09 Å². The maximum Gasteiger partial charge on any atom is 0.410 e. The first-order valence-electron chi connectivity index (χ1n) is 8.25. The van der Waals surface area contributed by atoms with Crippen molar-refractivity contribution in [3.63, 3.8) is 0 Å². The lowest BCUT2D eigenvalue weighted by Crippen LogP contribution is -2.40. The second-order valence-electron chi connectivity index (χ2n) is 8.15. The first-order chi connectivity index (χ1) is 11.4. The van der Waals surface area contributed by atoms with Crippen LogP contribution in [0, 0.1) is 5.41 Å². The zero-order valence-electron chi connectivity index (χ0n) is 15.6. The topological polar surface area (TPSA) is 105 Å². The molecule has 138 valence electrons. The molecule has 0 aliphatic carbocycles. The number of carbonyl (C=O) groups is 2. The van der Waals surface area contributed by atoms with E-state index >= 15 is 0 Å². The lowest BCUT2D eigenvalue weighted by molar-refractivity contribution is -0.123. The van der Waals surface area contributed by atoms with Crippen molar-refractivity contribution in [2.45, 2.75) is 60.1 Å². The number of amides is 2. The Morgan fingerprint density at radius 1 is 1.16 bits per heavy atom. The Balaban J connectivity index is 2.20. The summed E-state index contributed by atoms with van der Waals surface area (Å²) in [6.45, 7) is 11.3. The van der Waals surface area contributed by atoms with Gasteiger partial charge in [0.1, 0.15) is 5.60 Å². The highest BCUT2D eigenvalue weighted by Gasteiger charge is 2.29. The normalized spacial score (nSPS) is 14.7. The van der Waals surface area contributed by atoms with Crippen molar-refractivity contribution in [1.29, 1.82) is 0 Å². The van der Waals surface area contributed by atoms with Gasteiger partial charge in [0.05, 0.1) is 12.2 Å². The number of carbonyl (C=O) groups excluding carboxylic acids is 2. The van der Waals surface area contributed by atoms with E-state index in [2.05, 4.69) is 15.3 Å². The van der Waals surface area contributed by atoms with Gasteiger partial charge in [-0.15, -0.1) is 0 Å². The zero-order chi connectivity index (χ0) is 19.0. The standard InChI is InChI=1S/C17H26N4O4/c1-16(2,3)13(23)20-14-18-11-9-21(15(24)25-17(4,5)6)8-7-10(11)12(22)19-14/h7-9H2,1-6H3,(H2,18,19,20,22,23). The molecule has 0 saturated heterocycles. The quantitative estimate of drug-likeness (QED) is 0.806. The average Bonchev–Trinajstić information content (AvgIpc) is 2.43. The SMILES string of the molecule is CC(C)(C)OC(=O)N1CCc2c(O)nc(NC(=O)C(C)(C)C)nc2C1. The van der Waals surface area contributed by atoms with Gasteiger partial charge in [0.15, 0.2) is 0 Å². The molecular formula is C17H26N4O4.